The summed E-state index contributed by atoms with van der Waals surface area (Å²) in [4.78, 5) is 8.03. The summed E-state index contributed by atoms with van der Waals surface area (Å²) < 4.78 is 0. The van der Waals surface area contributed by atoms with Gasteiger partial charge in [-0.25, -0.2) is 4.98 Å². The monoisotopic (exact) mass is 245 g/mol. The van der Waals surface area contributed by atoms with E-state index < -0.39 is 0 Å². The highest BCUT2D eigenvalue weighted by Crippen LogP contribution is 2.17. The van der Waals surface area contributed by atoms with Crippen LogP contribution in [-0.4, -0.2) is 16.5 Å². The molecule has 0 amide bonds. The predicted octanol–water partition coefficient (Wildman–Crippen LogP) is 2.90. The van der Waals surface area contributed by atoms with Crippen molar-refractivity contribution in [2.75, 3.05) is 6.54 Å². The minimum Gasteiger partial charge on any atom is -0.342 e. The van der Waals surface area contributed by atoms with Crippen LogP contribution in [0.3, 0.4) is 0 Å². The molecule has 0 bridgehead atoms. The molecule has 1 heterocycles. The second kappa shape index (κ2) is 5.53. The van der Waals surface area contributed by atoms with Crippen molar-refractivity contribution in [1.29, 1.82) is 0 Å². The number of imidazole rings is 1. The number of hydrogen-bond acceptors (Lipinski definition) is 2. The summed E-state index contributed by atoms with van der Waals surface area (Å²) in [5, 5.41) is 0. The van der Waals surface area contributed by atoms with Crippen molar-refractivity contribution >= 4 is 11.0 Å². The van der Waals surface area contributed by atoms with Crippen LogP contribution in [0.5, 0.6) is 0 Å². The first-order valence-corrected chi connectivity index (χ1v) is 6.76. The van der Waals surface area contributed by atoms with E-state index >= 15 is 0 Å². The van der Waals surface area contributed by atoms with Crippen molar-refractivity contribution in [1.82, 2.24) is 9.97 Å². The van der Waals surface area contributed by atoms with E-state index in [4.69, 9.17) is 5.73 Å². The van der Waals surface area contributed by atoms with Gasteiger partial charge in [0.2, 0.25) is 0 Å². The van der Waals surface area contributed by atoms with E-state index in [9.17, 15) is 0 Å². The largest absolute Gasteiger partial charge is 0.342 e. The maximum Gasteiger partial charge on any atom is 0.107 e. The Labute approximate surface area is 109 Å². The minimum absolute atomic E-state index is 0.528. The highest BCUT2D eigenvalue weighted by atomic mass is 14.9. The number of fused-ring (bicyclic) bond motifs is 1. The molecule has 1 unspecified atom stereocenters. The lowest BCUT2D eigenvalue weighted by Crippen LogP contribution is -2.12. The van der Waals surface area contributed by atoms with Gasteiger partial charge < -0.3 is 10.7 Å². The number of nitrogens with one attached hydrogen (secondary N) is 1. The van der Waals surface area contributed by atoms with Crippen LogP contribution < -0.4 is 5.73 Å². The second-order valence-electron chi connectivity index (χ2n) is 5.68. The van der Waals surface area contributed by atoms with Crippen LogP contribution in [0.4, 0.5) is 0 Å². The van der Waals surface area contributed by atoms with Gasteiger partial charge in [-0.05, 0) is 42.5 Å². The van der Waals surface area contributed by atoms with E-state index in [1.807, 2.05) is 0 Å². The molecule has 0 aliphatic heterocycles. The second-order valence-corrected chi connectivity index (χ2v) is 5.68. The highest BCUT2D eigenvalue weighted by Gasteiger charge is 2.07. The predicted molar refractivity (Wildman–Crippen MR) is 76.6 cm³/mol. The van der Waals surface area contributed by atoms with Crippen LogP contribution in [0, 0.1) is 11.8 Å². The van der Waals surface area contributed by atoms with E-state index in [1.54, 1.807) is 0 Å². The molecule has 3 heteroatoms. The van der Waals surface area contributed by atoms with Crippen molar-refractivity contribution < 1.29 is 0 Å². The van der Waals surface area contributed by atoms with Crippen molar-refractivity contribution in [2.45, 2.75) is 33.6 Å². The summed E-state index contributed by atoms with van der Waals surface area (Å²) in [5.41, 5.74) is 9.22. The molecule has 0 fully saturated rings. The number of nitrogens with zero attached hydrogens (tertiary/aromatic N) is 1. The fraction of sp³-hybridized carbons (Fsp3) is 0.533. The molecule has 1 atom stereocenters. The molecule has 3 nitrogen and oxygen atoms in total. The average Bonchev–Trinajstić information content (AvgIpc) is 2.69. The number of aromatic nitrogens is 2. The summed E-state index contributed by atoms with van der Waals surface area (Å²) >= 11 is 0. The van der Waals surface area contributed by atoms with Crippen LogP contribution in [-0.2, 0) is 12.8 Å². The molecule has 98 valence electrons. The summed E-state index contributed by atoms with van der Waals surface area (Å²) in [6.07, 6.45) is 2.04. The van der Waals surface area contributed by atoms with Gasteiger partial charge in [-0.3, -0.25) is 0 Å². The summed E-state index contributed by atoms with van der Waals surface area (Å²) in [7, 11) is 0. The van der Waals surface area contributed by atoms with Gasteiger partial charge in [0.05, 0.1) is 11.0 Å². The van der Waals surface area contributed by atoms with Crippen molar-refractivity contribution in [2.24, 2.45) is 17.6 Å². The molecule has 2 aromatic rings. The zero-order chi connectivity index (χ0) is 13.1. The van der Waals surface area contributed by atoms with Gasteiger partial charge in [0.25, 0.3) is 0 Å². The number of aromatic amines is 1. The number of rotatable bonds is 5. The highest BCUT2D eigenvalue weighted by molar-refractivity contribution is 5.75. The molecule has 2 rings (SSSR count). The SMILES string of the molecule is CC(C)Cc1nc2ccc(CC(C)CN)cc2[nH]1. The van der Waals surface area contributed by atoms with Gasteiger partial charge in [-0.15, -0.1) is 0 Å². The molecule has 0 saturated heterocycles. The Kier molecular flexibility index (Phi) is 4.02. The number of H-pyrrole nitrogens is 1. The first kappa shape index (κ1) is 13.1. The standard InChI is InChI=1S/C15H23N3/c1-10(2)6-15-17-13-5-4-12(7-11(3)9-16)8-14(13)18-15/h4-5,8,10-11H,6-7,9,16H2,1-3H3,(H,17,18). The molecule has 0 spiro atoms. The van der Waals surface area contributed by atoms with Gasteiger partial charge in [0, 0.05) is 6.42 Å². The fourth-order valence-corrected chi connectivity index (χ4v) is 2.21. The maximum atomic E-state index is 5.67. The Bertz CT molecular complexity index is 513. The Balaban J connectivity index is 2.22. The molecule has 0 aliphatic rings. The number of hydrogen-bond donors (Lipinski definition) is 2. The molecule has 0 saturated carbocycles. The Morgan fingerprint density at radius 1 is 1.22 bits per heavy atom. The van der Waals surface area contributed by atoms with Crippen molar-refractivity contribution in [3.05, 3.63) is 29.6 Å². The number of benzene rings is 1. The van der Waals surface area contributed by atoms with E-state index in [0.717, 1.165) is 36.2 Å². The summed E-state index contributed by atoms with van der Waals surface area (Å²) in [6, 6.07) is 6.47. The van der Waals surface area contributed by atoms with Crippen LogP contribution in [0.2, 0.25) is 0 Å². The molecule has 1 aromatic heterocycles. The summed E-state index contributed by atoms with van der Waals surface area (Å²) in [5.74, 6) is 2.24. The summed E-state index contributed by atoms with van der Waals surface area (Å²) in [6.45, 7) is 7.34. The Morgan fingerprint density at radius 2 is 2.00 bits per heavy atom. The smallest absolute Gasteiger partial charge is 0.107 e. The topological polar surface area (TPSA) is 54.7 Å². The van der Waals surface area contributed by atoms with Crippen molar-refractivity contribution in [3.8, 4) is 0 Å². The first-order valence-electron chi connectivity index (χ1n) is 6.76. The van der Waals surface area contributed by atoms with E-state index in [-0.39, 0.29) is 0 Å². The van der Waals surface area contributed by atoms with Crippen LogP contribution >= 0.6 is 0 Å². The Morgan fingerprint density at radius 3 is 2.67 bits per heavy atom. The molecule has 1 aromatic carbocycles. The molecular formula is C15H23N3. The third-order valence-electron chi connectivity index (χ3n) is 3.18. The zero-order valence-electron chi connectivity index (χ0n) is 11.5. The quantitative estimate of drug-likeness (QED) is 0.851. The van der Waals surface area contributed by atoms with E-state index in [2.05, 4.69) is 48.9 Å². The van der Waals surface area contributed by atoms with Gasteiger partial charge in [-0.1, -0.05) is 26.8 Å². The molecule has 0 radical (unpaired) electrons. The third kappa shape index (κ3) is 3.10. The molecule has 3 N–H and O–H groups in total. The molecular weight excluding hydrogens is 222 g/mol. The lowest BCUT2D eigenvalue weighted by atomic mass is 10.0. The van der Waals surface area contributed by atoms with Gasteiger partial charge in [-0.2, -0.15) is 0 Å². The normalized spacial score (nSPS) is 13.4. The van der Waals surface area contributed by atoms with E-state index in [1.165, 1.54) is 5.56 Å². The average molecular weight is 245 g/mol. The van der Waals surface area contributed by atoms with E-state index in [0.29, 0.717) is 11.8 Å². The van der Waals surface area contributed by atoms with Gasteiger partial charge >= 0.3 is 0 Å². The fourth-order valence-electron chi connectivity index (χ4n) is 2.21. The van der Waals surface area contributed by atoms with Crippen molar-refractivity contribution in [3.63, 3.8) is 0 Å². The lowest BCUT2D eigenvalue weighted by Gasteiger charge is -2.07. The zero-order valence-corrected chi connectivity index (χ0v) is 11.5. The van der Waals surface area contributed by atoms with Crippen LogP contribution in [0.15, 0.2) is 18.2 Å². The lowest BCUT2D eigenvalue weighted by molar-refractivity contribution is 0.593. The number of nitrogens with two attached hydrogens (primary N) is 1. The van der Waals surface area contributed by atoms with Crippen LogP contribution in [0.25, 0.3) is 11.0 Å². The third-order valence-corrected chi connectivity index (χ3v) is 3.18. The molecule has 18 heavy (non-hydrogen) atoms. The minimum atomic E-state index is 0.528. The van der Waals surface area contributed by atoms with Gasteiger partial charge in [0.1, 0.15) is 5.82 Å². The first-order chi connectivity index (χ1) is 8.58. The van der Waals surface area contributed by atoms with Crippen LogP contribution in [0.1, 0.15) is 32.2 Å². The molecule has 0 aliphatic carbocycles. The maximum absolute atomic E-state index is 5.67. The Hall–Kier alpha value is -1.35. The van der Waals surface area contributed by atoms with Gasteiger partial charge in [0.15, 0.2) is 0 Å².